The third-order valence-electron chi connectivity index (χ3n) is 3.27. The predicted octanol–water partition coefficient (Wildman–Crippen LogP) is 1.67. The van der Waals surface area contributed by atoms with Crippen LogP contribution in [0.25, 0.3) is 0 Å². The Morgan fingerprint density at radius 1 is 1.30 bits per heavy atom. The molecule has 1 aromatic rings. The van der Waals surface area contributed by atoms with Crippen molar-refractivity contribution in [2.75, 3.05) is 0 Å². The van der Waals surface area contributed by atoms with Crippen molar-refractivity contribution in [2.24, 2.45) is 11.7 Å². The van der Waals surface area contributed by atoms with Gasteiger partial charge >= 0.3 is 0 Å². The third-order valence-corrected chi connectivity index (χ3v) is 4.83. The SMILES string of the molecule is Cc1[nH]nc(S(=O)(=O)NC(C)CCCC(C)C)c1CN. The molecule has 1 rings (SSSR count). The molecule has 0 aromatic carbocycles. The van der Waals surface area contributed by atoms with Gasteiger partial charge in [0.05, 0.1) is 0 Å². The predicted molar refractivity (Wildman–Crippen MR) is 79.7 cm³/mol. The molecule has 0 saturated carbocycles. The summed E-state index contributed by atoms with van der Waals surface area (Å²) in [7, 11) is -3.60. The number of aromatic amines is 1. The Labute approximate surface area is 121 Å². The van der Waals surface area contributed by atoms with Crippen LogP contribution in [0, 0.1) is 12.8 Å². The fraction of sp³-hybridized carbons (Fsp3) is 0.769. The van der Waals surface area contributed by atoms with Gasteiger partial charge in [-0.3, -0.25) is 5.10 Å². The van der Waals surface area contributed by atoms with Gasteiger partial charge in [0.1, 0.15) is 0 Å². The van der Waals surface area contributed by atoms with Crippen LogP contribution in [-0.2, 0) is 16.6 Å². The summed E-state index contributed by atoms with van der Waals surface area (Å²) in [5.74, 6) is 0.636. The quantitative estimate of drug-likeness (QED) is 0.680. The summed E-state index contributed by atoms with van der Waals surface area (Å²) in [5.41, 5.74) is 6.83. The average Bonchev–Trinajstić information content (AvgIpc) is 2.69. The Kier molecular flexibility index (Phi) is 6.16. The van der Waals surface area contributed by atoms with Gasteiger partial charge in [-0.15, -0.1) is 0 Å². The van der Waals surface area contributed by atoms with Crippen molar-refractivity contribution in [1.82, 2.24) is 14.9 Å². The van der Waals surface area contributed by atoms with Crippen LogP contribution < -0.4 is 10.5 Å². The Balaban J connectivity index is 2.69. The molecular formula is C13H26N4O2S. The summed E-state index contributed by atoms with van der Waals surface area (Å²) in [6, 6.07) is -0.110. The van der Waals surface area contributed by atoms with Crippen LogP contribution in [0.5, 0.6) is 0 Å². The highest BCUT2D eigenvalue weighted by atomic mass is 32.2. The standard InChI is InChI=1S/C13H26N4O2S/c1-9(2)6-5-7-10(3)17-20(18,19)13-12(8-14)11(4)15-16-13/h9-10,17H,5-8,14H2,1-4H3,(H,15,16). The van der Waals surface area contributed by atoms with Gasteiger partial charge in [-0.25, -0.2) is 13.1 Å². The number of nitrogens with one attached hydrogen (secondary N) is 2. The van der Waals surface area contributed by atoms with E-state index in [-0.39, 0.29) is 17.6 Å². The lowest BCUT2D eigenvalue weighted by Crippen LogP contribution is -2.33. The van der Waals surface area contributed by atoms with Crippen molar-refractivity contribution in [2.45, 2.75) is 64.6 Å². The van der Waals surface area contributed by atoms with Gasteiger partial charge < -0.3 is 5.73 Å². The Hall–Kier alpha value is -0.920. The molecule has 116 valence electrons. The van der Waals surface area contributed by atoms with Crippen molar-refractivity contribution in [3.05, 3.63) is 11.3 Å². The summed E-state index contributed by atoms with van der Waals surface area (Å²) in [6.07, 6.45) is 2.92. The zero-order valence-corrected chi connectivity index (χ0v) is 13.5. The molecule has 7 heteroatoms. The van der Waals surface area contributed by atoms with E-state index in [2.05, 4.69) is 28.8 Å². The first-order valence-corrected chi connectivity index (χ1v) is 8.52. The number of nitrogens with zero attached hydrogens (tertiary/aromatic N) is 1. The van der Waals surface area contributed by atoms with Crippen LogP contribution in [0.4, 0.5) is 0 Å². The summed E-state index contributed by atoms with van der Waals surface area (Å²) < 4.78 is 27.2. The highest BCUT2D eigenvalue weighted by molar-refractivity contribution is 7.89. The molecule has 4 N–H and O–H groups in total. The van der Waals surface area contributed by atoms with Gasteiger partial charge in [-0.1, -0.05) is 26.7 Å². The van der Waals surface area contributed by atoms with E-state index in [0.29, 0.717) is 17.2 Å². The Morgan fingerprint density at radius 2 is 1.95 bits per heavy atom. The lowest BCUT2D eigenvalue weighted by Gasteiger charge is -2.14. The number of H-pyrrole nitrogens is 1. The fourth-order valence-corrected chi connectivity index (χ4v) is 3.59. The van der Waals surface area contributed by atoms with Crippen molar-refractivity contribution in [1.29, 1.82) is 0 Å². The molecule has 0 saturated heterocycles. The second-order valence-corrected chi connectivity index (χ2v) is 7.31. The summed E-state index contributed by atoms with van der Waals surface area (Å²) in [5, 5.41) is 6.56. The van der Waals surface area contributed by atoms with Crippen LogP contribution in [0.15, 0.2) is 5.03 Å². The van der Waals surface area contributed by atoms with Gasteiger partial charge in [0.25, 0.3) is 10.0 Å². The topological polar surface area (TPSA) is 101 Å². The zero-order chi connectivity index (χ0) is 15.3. The molecule has 1 aromatic heterocycles. The van der Waals surface area contributed by atoms with E-state index in [1.807, 2.05) is 6.92 Å². The van der Waals surface area contributed by atoms with Crippen molar-refractivity contribution in [3.63, 3.8) is 0 Å². The van der Waals surface area contributed by atoms with Crippen LogP contribution in [-0.4, -0.2) is 24.7 Å². The number of hydrogen-bond donors (Lipinski definition) is 3. The van der Waals surface area contributed by atoms with Crippen LogP contribution >= 0.6 is 0 Å². The monoisotopic (exact) mass is 302 g/mol. The molecule has 0 fully saturated rings. The van der Waals surface area contributed by atoms with E-state index in [1.54, 1.807) is 6.92 Å². The number of rotatable bonds is 8. The minimum Gasteiger partial charge on any atom is -0.326 e. The van der Waals surface area contributed by atoms with Crippen molar-refractivity contribution >= 4 is 10.0 Å². The lowest BCUT2D eigenvalue weighted by atomic mass is 10.0. The third kappa shape index (κ3) is 4.57. The first-order chi connectivity index (χ1) is 9.27. The maximum atomic E-state index is 12.3. The first-order valence-electron chi connectivity index (χ1n) is 7.04. The Bertz CT molecular complexity index is 522. The van der Waals surface area contributed by atoms with Gasteiger partial charge in [-0.05, 0) is 26.2 Å². The number of sulfonamides is 1. The van der Waals surface area contributed by atoms with Gasteiger partial charge in [-0.2, -0.15) is 5.10 Å². The highest BCUT2D eigenvalue weighted by Crippen LogP contribution is 2.16. The van der Waals surface area contributed by atoms with E-state index in [0.717, 1.165) is 19.3 Å². The second-order valence-electron chi connectivity index (χ2n) is 5.68. The molecule has 0 amide bonds. The van der Waals surface area contributed by atoms with Gasteiger partial charge in [0, 0.05) is 23.8 Å². The molecule has 1 unspecified atom stereocenters. The molecule has 0 aliphatic heterocycles. The molecule has 1 atom stereocenters. The normalized spacial score (nSPS) is 13.9. The highest BCUT2D eigenvalue weighted by Gasteiger charge is 2.24. The minimum atomic E-state index is -3.60. The van der Waals surface area contributed by atoms with Crippen LogP contribution in [0.1, 0.15) is 51.3 Å². The molecule has 0 spiro atoms. The largest absolute Gasteiger partial charge is 0.326 e. The number of aromatic nitrogens is 2. The van der Waals surface area contributed by atoms with E-state index in [4.69, 9.17) is 5.73 Å². The van der Waals surface area contributed by atoms with Crippen molar-refractivity contribution in [3.8, 4) is 0 Å². The molecule has 0 aliphatic carbocycles. The maximum Gasteiger partial charge on any atom is 0.260 e. The van der Waals surface area contributed by atoms with Crippen LogP contribution in [0.2, 0.25) is 0 Å². The second kappa shape index (κ2) is 7.19. The molecule has 20 heavy (non-hydrogen) atoms. The van der Waals surface area contributed by atoms with E-state index in [1.165, 1.54) is 0 Å². The summed E-state index contributed by atoms with van der Waals surface area (Å²) in [4.78, 5) is 0. The van der Waals surface area contributed by atoms with Gasteiger partial charge in [0.2, 0.25) is 0 Å². The number of nitrogens with two attached hydrogens (primary N) is 1. The number of hydrogen-bond acceptors (Lipinski definition) is 4. The molecule has 6 nitrogen and oxygen atoms in total. The van der Waals surface area contributed by atoms with E-state index >= 15 is 0 Å². The molecule has 1 heterocycles. The summed E-state index contributed by atoms with van der Waals surface area (Å²) >= 11 is 0. The Morgan fingerprint density at radius 3 is 2.50 bits per heavy atom. The smallest absolute Gasteiger partial charge is 0.260 e. The van der Waals surface area contributed by atoms with Crippen LogP contribution in [0.3, 0.4) is 0 Å². The molecule has 0 aliphatic rings. The fourth-order valence-electron chi connectivity index (χ4n) is 2.10. The summed E-state index contributed by atoms with van der Waals surface area (Å²) in [6.45, 7) is 8.11. The maximum absolute atomic E-state index is 12.3. The molecule has 0 bridgehead atoms. The zero-order valence-electron chi connectivity index (χ0n) is 12.7. The molecule has 0 radical (unpaired) electrons. The first kappa shape index (κ1) is 17.1. The van der Waals surface area contributed by atoms with E-state index < -0.39 is 10.0 Å². The molecular weight excluding hydrogens is 276 g/mol. The lowest BCUT2D eigenvalue weighted by molar-refractivity contribution is 0.487. The van der Waals surface area contributed by atoms with Crippen molar-refractivity contribution < 1.29 is 8.42 Å². The number of aryl methyl sites for hydroxylation is 1. The average molecular weight is 302 g/mol. The minimum absolute atomic E-state index is 0.0215. The van der Waals surface area contributed by atoms with E-state index in [9.17, 15) is 8.42 Å². The van der Waals surface area contributed by atoms with Gasteiger partial charge in [0.15, 0.2) is 5.03 Å².